The summed E-state index contributed by atoms with van der Waals surface area (Å²) in [6, 6.07) is 18.4. The van der Waals surface area contributed by atoms with Crippen LogP contribution in [0, 0.1) is 29.6 Å². The molecule has 3 rings (SSSR count). The lowest BCUT2D eigenvalue weighted by molar-refractivity contribution is -0.114. The summed E-state index contributed by atoms with van der Waals surface area (Å²) in [4.78, 5) is 25.7. The molecule has 0 atom stereocenters. The number of esters is 1. The van der Waals surface area contributed by atoms with Gasteiger partial charge in [-0.15, -0.1) is 11.3 Å². The van der Waals surface area contributed by atoms with Crippen molar-refractivity contribution in [3.8, 4) is 17.9 Å². The summed E-state index contributed by atoms with van der Waals surface area (Å²) in [5.74, 6) is -0.341. The van der Waals surface area contributed by atoms with E-state index in [0.717, 1.165) is 16.9 Å². The zero-order valence-electron chi connectivity index (χ0n) is 19.1. The largest absolute Gasteiger partial charge is 0.489 e. The van der Waals surface area contributed by atoms with E-state index in [1.807, 2.05) is 24.3 Å². The Bertz CT molecular complexity index is 1360. The second kappa shape index (κ2) is 12.0. The van der Waals surface area contributed by atoms with E-state index in [4.69, 9.17) is 21.1 Å². The molecule has 2 aromatic carbocycles. The summed E-state index contributed by atoms with van der Waals surface area (Å²) in [6.45, 7) is 3.90. The van der Waals surface area contributed by atoms with Gasteiger partial charge in [0.1, 0.15) is 29.4 Å². The minimum atomic E-state index is -0.529. The van der Waals surface area contributed by atoms with Crippen LogP contribution in [0.15, 0.2) is 54.1 Å². The smallest absolute Gasteiger partial charge is 0.348 e. The Hall–Kier alpha value is -3.91. The molecule has 0 saturated carbocycles. The second-order valence-corrected chi connectivity index (χ2v) is 8.99. The lowest BCUT2D eigenvalue weighted by atomic mass is 10.0. The average molecular weight is 505 g/mol. The van der Waals surface area contributed by atoms with E-state index < -0.39 is 11.8 Å². The van der Waals surface area contributed by atoms with E-state index >= 15 is 0 Å². The van der Waals surface area contributed by atoms with Gasteiger partial charge in [-0.2, -0.15) is 10.5 Å². The Kier molecular flexibility index (Phi) is 8.80. The van der Waals surface area contributed by atoms with E-state index in [0.29, 0.717) is 38.3 Å². The Labute approximate surface area is 212 Å². The van der Waals surface area contributed by atoms with Crippen molar-refractivity contribution in [3.05, 3.63) is 91.1 Å². The molecule has 1 heterocycles. The summed E-state index contributed by atoms with van der Waals surface area (Å²) >= 11 is 7.04. The van der Waals surface area contributed by atoms with Crippen LogP contribution in [-0.4, -0.2) is 18.4 Å². The number of hydrogen-bond donors (Lipinski definition) is 0. The molecule has 35 heavy (non-hydrogen) atoms. The first-order valence-electron chi connectivity index (χ1n) is 10.7. The third-order valence-electron chi connectivity index (χ3n) is 5.02. The Morgan fingerprint density at radius 2 is 1.89 bits per heavy atom. The molecule has 0 aliphatic rings. The predicted molar refractivity (Wildman–Crippen MR) is 134 cm³/mol. The number of hydrogen-bond acceptors (Lipinski definition) is 7. The van der Waals surface area contributed by atoms with Crippen LogP contribution in [0.5, 0.6) is 5.75 Å². The van der Waals surface area contributed by atoms with Gasteiger partial charge in [0.05, 0.1) is 17.7 Å². The van der Waals surface area contributed by atoms with Crippen molar-refractivity contribution in [2.45, 2.75) is 26.9 Å². The minimum absolute atomic E-state index is 0.0507. The molecule has 0 N–H and O–H groups in total. The van der Waals surface area contributed by atoms with Gasteiger partial charge in [0.2, 0.25) is 0 Å². The summed E-state index contributed by atoms with van der Waals surface area (Å²) < 4.78 is 10.8. The highest BCUT2D eigenvalue weighted by atomic mass is 35.5. The molecule has 8 heteroatoms. The van der Waals surface area contributed by atoms with E-state index in [1.54, 1.807) is 44.2 Å². The van der Waals surface area contributed by atoms with Crippen LogP contribution >= 0.6 is 22.9 Å². The highest BCUT2D eigenvalue weighted by molar-refractivity contribution is 7.14. The molecule has 0 aliphatic carbocycles. The fourth-order valence-electron chi connectivity index (χ4n) is 3.27. The standard InChI is InChI=1S/C27H21ClN2O4S/c1-3-33-27(32)26-17(2)23(15-30)25(35-26)13-24(31)20(14-29)11-18-7-9-22(10-8-18)34-16-19-5-4-6-21(28)12-19/h4-12H,3,13,16H2,1-2H3/b20-11+. The molecule has 1 aromatic heterocycles. The normalized spacial score (nSPS) is 10.8. The number of halogens is 1. The van der Waals surface area contributed by atoms with Gasteiger partial charge in [0, 0.05) is 16.3 Å². The molecule has 0 bridgehead atoms. The number of carbonyl (C=O) groups is 2. The third kappa shape index (κ3) is 6.58. The number of nitrogens with zero attached hydrogens (tertiary/aromatic N) is 2. The average Bonchev–Trinajstić information content (AvgIpc) is 3.16. The first-order valence-corrected chi connectivity index (χ1v) is 11.9. The molecule has 0 radical (unpaired) electrons. The van der Waals surface area contributed by atoms with Crippen molar-refractivity contribution in [2.75, 3.05) is 6.61 Å². The van der Waals surface area contributed by atoms with Crippen LogP contribution in [0.2, 0.25) is 5.02 Å². The summed E-state index contributed by atoms with van der Waals surface area (Å²) in [7, 11) is 0. The fourth-order valence-corrected chi connectivity index (χ4v) is 4.63. The number of ether oxygens (including phenoxy) is 2. The van der Waals surface area contributed by atoms with E-state index in [1.165, 1.54) is 6.08 Å². The predicted octanol–water partition coefficient (Wildman–Crippen LogP) is 6.06. The second-order valence-electron chi connectivity index (χ2n) is 7.44. The Morgan fingerprint density at radius 1 is 1.14 bits per heavy atom. The molecule has 3 aromatic rings. The van der Waals surface area contributed by atoms with Crippen LogP contribution in [0.1, 0.15) is 43.7 Å². The quantitative estimate of drug-likeness (QED) is 0.199. The summed E-state index contributed by atoms with van der Waals surface area (Å²) in [5.41, 5.74) is 2.29. The molecular formula is C27H21ClN2O4S. The summed E-state index contributed by atoms with van der Waals surface area (Å²) in [6.07, 6.45) is 1.33. The Morgan fingerprint density at radius 3 is 2.51 bits per heavy atom. The van der Waals surface area contributed by atoms with E-state index in [-0.39, 0.29) is 24.2 Å². The van der Waals surface area contributed by atoms with Gasteiger partial charge in [0.15, 0.2) is 5.78 Å². The Balaban J connectivity index is 1.72. The maximum absolute atomic E-state index is 12.8. The first kappa shape index (κ1) is 25.7. The van der Waals surface area contributed by atoms with Crippen molar-refractivity contribution >= 4 is 40.8 Å². The van der Waals surface area contributed by atoms with E-state index in [9.17, 15) is 20.1 Å². The molecule has 0 saturated heterocycles. The molecule has 0 aliphatic heterocycles. The van der Waals surface area contributed by atoms with Gasteiger partial charge >= 0.3 is 5.97 Å². The zero-order chi connectivity index (χ0) is 25.4. The van der Waals surface area contributed by atoms with Crippen LogP contribution in [-0.2, 0) is 22.6 Å². The van der Waals surface area contributed by atoms with E-state index in [2.05, 4.69) is 6.07 Å². The van der Waals surface area contributed by atoms with Gasteiger partial charge in [-0.1, -0.05) is 35.9 Å². The van der Waals surface area contributed by atoms with Crippen molar-refractivity contribution < 1.29 is 19.1 Å². The highest BCUT2D eigenvalue weighted by Gasteiger charge is 2.23. The fraction of sp³-hybridized carbons (Fsp3) is 0.185. The van der Waals surface area contributed by atoms with Gasteiger partial charge in [-0.05, 0) is 60.9 Å². The number of thiophene rings is 1. The highest BCUT2D eigenvalue weighted by Crippen LogP contribution is 2.30. The van der Waals surface area contributed by atoms with Gasteiger partial charge in [0.25, 0.3) is 0 Å². The number of nitriles is 2. The molecule has 0 unspecified atom stereocenters. The maximum atomic E-state index is 12.8. The number of benzene rings is 2. The number of carbonyl (C=O) groups excluding carboxylic acids is 2. The van der Waals surface area contributed by atoms with Crippen molar-refractivity contribution in [1.29, 1.82) is 10.5 Å². The first-order chi connectivity index (χ1) is 16.9. The van der Waals surface area contributed by atoms with Crippen molar-refractivity contribution in [2.24, 2.45) is 0 Å². The molecule has 0 spiro atoms. The molecule has 0 amide bonds. The third-order valence-corrected chi connectivity index (χ3v) is 6.53. The lowest BCUT2D eigenvalue weighted by Gasteiger charge is -2.07. The van der Waals surface area contributed by atoms with Crippen molar-refractivity contribution in [3.63, 3.8) is 0 Å². The van der Waals surface area contributed by atoms with Crippen LogP contribution in [0.4, 0.5) is 0 Å². The van der Waals surface area contributed by atoms with Crippen molar-refractivity contribution in [1.82, 2.24) is 0 Å². The topological polar surface area (TPSA) is 100 Å². The monoisotopic (exact) mass is 504 g/mol. The van der Waals surface area contributed by atoms with Gasteiger partial charge in [-0.3, -0.25) is 4.79 Å². The molecule has 176 valence electrons. The SMILES string of the molecule is CCOC(=O)c1sc(CC(=O)/C(C#N)=C/c2ccc(OCc3cccc(Cl)c3)cc2)c(C#N)c1C. The van der Waals surface area contributed by atoms with Gasteiger partial charge in [-0.25, -0.2) is 4.79 Å². The number of allylic oxidation sites excluding steroid dienone is 1. The number of Topliss-reactive ketones (excluding diaryl/α,β-unsaturated/α-hetero) is 1. The number of ketones is 1. The maximum Gasteiger partial charge on any atom is 0.348 e. The van der Waals surface area contributed by atoms with Crippen LogP contribution < -0.4 is 4.74 Å². The van der Waals surface area contributed by atoms with Crippen LogP contribution in [0.3, 0.4) is 0 Å². The van der Waals surface area contributed by atoms with Crippen LogP contribution in [0.25, 0.3) is 6.08 Å². The molecule has 6 nitrogen and oxygen atoms in total. The summed E-state index contributed by atoms with van der Waals surface area (Å²) in [5, 5.41) is 19.7. The van der Waals surface area contributed by atoms with Gasteiger partial charge < -0.3 is 9.47 Å². The minimum Gasteiger partial charge on any atom is -0.489 e. The number of rotatable bonds is 9. The molecule has 0 fully saturated rings. The lowest BCUT2D eigenvalue weighted by Crippen LogP contribution is -2.05. The molecular weight excluding hydrogens is 484 g/mol. The zero-order valence-corrected chi connectivity index (χ0v) is 20.7.